The summed E-state index contributed by atoms with van der Waals surface area (Å²) < 4.78 is 0. The highest BCUT2D eigenvalue weighted by Crippen LogP contribution is 2.25. The second-order valence-electron chi connectivity index (χ2n) is 5.25. The maximum Gasteiger partial charge on any atom is 0.239 e. The number of nitrogens with zero attached hydrogens (tertiary/aromatic N) is 2. The van der Waals surface area contributed by atoms with Crippen molar-refractivity contribution in [2.24, 2.45) is 0 Å². The highest BCUT2D eigenvalue weighted by Gasteiger charge is 2.41. The minimum atomic E-state index is 0.101. The largest absolute Gasteiger partial charge is 0.344 e. The van der Waals surface area contributed by atoms with Gasteiger partial charge in [-0.2, -0.15) is 0 Å². The Bertz CT molecular complexity index is 265. The van der Waals surface area contributed by atoms with Crippen LogP contribution in [0.2, 0.25) is 0 Å². The van der Waals surface area contributed by atoms with E-state index in [0.29, 0.717) is 5.91 Å². The molecule has 0 aliphatic carbocycles. The number of carbonyl (C=O) groups excluding carboxylic acids is 1. The molecule has 0 saturated carbocycles. The van der Waals surface area contributed by atoms with Gasteiger partial charge < -0.3 is 10.2 Å². The number of carbonyl (C=O) groups is 1. The van der Waals surface area contributed by atoms with E-state index in [2.05, 4.69) is 24.1 Å². The first-order valence-corrected chi connectivity index (χ1v) is 5.75. The highest BCUT2D eigenvalue weighted by atomic mass is 16.2. The van der Waals surface area contributed by atoms with Gasteiger partial charge >= 0.3 is 0 Å². The number of likely N-dealkylation sites (N-methyl/N-ethyl adjacent to an activating group) is 1. The smallest absolute Gasteiger partial charge is 0.239 e. The summed E-state index contributed by atoms with van der Waals surface area (Å²) in [6.07, 6.45) is 0.985. The lowest BCUT2D eigenvalue weighted by Crippen LogP contribution is -2.62. The fourth-order valence-electron chi connectivity index (χ4n) is 2.67. The molecular weight excluding hydrogens is 190 g/mol. The zero-order valence-corrected chi connectivity index (χ0v) is 9.92. The summed E-state index contributed by atoms with van der Waals surface area (Å²) in [6.45, 7) is 8.29. The summed E-state index contributed by atoms with van der Waals surface area (Å²) in [5, 5.41) is 3.39. The van der Waals surface area contributed by atoms with Crippen LogP contribution in [0.1, 0.15) is 20.3 Å². The molecular formula is C11H21N3O. The van der Waals surface area contributed by atoms with E-state index in [-0.39, 0.29) is 11.6 Å². The van der Waals surface area contributed by atoms with Crippen molar-refractivity contribution in [3.8, 4) is 0 Å². The number of hydrogen-bond acceptors (Lipinski definition) is 3. The Morgan fingerprint density at radius 2 is 2.13 bits per heavy atom. The Kier molecular flexibility index (Phi) is 2.73. The molecule has 15 heavy (non-hydrogen) atoms. The number of amides is 1. The molecule has 2 fully saturated rings. The molecule has 2 saturated heterocycles. The van der Waals surface area contributed by atoms with Crippen molar-refractivity contribution >= 4 is 5.91 Å². The molecule has 2 aliphatic rings. The van der Waals surface area contributed by atoms with Gasteiger partial charge in [0.05, 0.1) is 6.04 Å². The minimum Gasteiger partial charge on any atom is -0.344 e. The van der Waals surface area contributed by atoms with E-state index in [4.69, 9.17) is 0 Å². The fraction of sp³-hybridized carbons (Fsp3) is 0.909. The predicted octanol–water partition coefficient (Wildman–Crippen LogP) is -0.0991. The predicted molar refractivity (Wildman–Crippen MR) is 59.7 cm³/mol. The van der Waals surface area contributed by atoms with Gasteiger partial charge in [0.15, 0.2) is 0 Å². The van der Waals surface area contributed by atoms with Crippen LogP contribution in [0.4, 0.5) is 0 Å². The molecule has 1 N–H and O–H groups in total. The van der Waals surface area contributed by atoms with Gasteiger partial charge in [0.25, 0.3) is 0 Å². The number of hydrogen-bond donors (Lipinski definition) is 1. The first kappa shape index (κ1) is 10.9. The second kappa shape index (κ2) is 3.76. The lowest BCUT2D eigenvalue weighted by Gasteiger charge is -2.45. The van der Waals surface area contributed by atoms with E-state index in [0.717, 1.165) is 32.6 Å². The number of likely N-dealkylation sites (tertiary alicyclic amines) is 1. The average Bonchev–Trinajstić information content (AvgIpc) is 2.48. The Hall–Kier alpha value is -0.610. The quantitative estimate of drug-likeness (QED) is 0.658. The number of rotatable bonds is 1. The van der Waals surface area contributed by atoms with Gasteiger partial charge in [-0.05, 0) is 20.3 Å². The van der Waals surface area contributed by atoms with E-state index < -0.39 is 0 Å². The van der Waals surface area contributed by atoms with E-state index in [1.165, 1.54) is 0 Å². The van der Waals surface area contributed by atoms with Gasteiger partial charge in [-0.1, -0.05) is 0 Å². The topological polar surface area (TPSA) is 35.6 Å². The fourth-order valence-corrected chi connectivity index (χ4v) is 2.67. The molecule has 2 heterocycles. The van der Waals surface area contributed by atoms with Crippen molar-refractivity contribution in [3.63, 3.8) is 0 Å². The zero-order valence-electron chi connectivity index (χ0n) is 9.92. The Balaban J connectivity index is 2.12. The van der Waals surface area contributed by atoms with Gasteiger partial charge in [0.2, 0.25) is 5.91 Å². The molecule has 0 spiro atoms. The lowest BCUT2D eigenvalue weighted by atomic mass is 9.97. The maximum absolute atomic E-state index is 12.0. The molecule has 0 aromatic rings. The Labute approximate surface area is 91.6 Å². The molecule has 0 radical (unpaired) electrons. The second-order valence-corrected chi connectivity index (χ2v) is 5.25. The van der Waals surface area contributed by atoms with E-state index in [1.54, 1.807) is 0 Å². The van der Waals surface area contributed by atoms with Crippen LogP contribution in [-0.4, -0.2) is 60.5 Å². The summed E-state index contributed by atoms with van der Waals surface area (Å²) in [5.74, 6) is 0.296. The molecule has 86 valence electrons. The van der Waals surface area contributed by atoms with Crippen LogP contribution in [0, 0.1) is 0 Å². The standard InChI is InChI=1S/C11H21N3O/c1-11(2)8-12-5-7-14(11)9-4-6-13(3)10(9)15/h9,12H,4-8H2,1-3H3. The maximum atomic E-state index is 12.0. The Morgan fingerprint density at radius 1 is 1.40 bits per heavy atom. The van der Waals surface area contributed by atoms with Crippen LogP contribution >= 0.6 is 0 Å². The molecule has 1 unspecified atom stereocenters. The molecule has 1 amide bonds. The molecule has 2 aliphatic heterocycles. The van der Waals surface area contributed by atoms with Gasteiger partial charge in [-0.3, -0.25) is 9.69 Å². The first-order valence-electron chi connectivity index (χ1n) is 5.75. The van der Waals surface area contributed by atoms with E-state index in [1.807, 2.05) is 11.9 Å². The van der Waals surface area contributed by atoms with Crippen molar-refractivity contribution in [1.82, 2.24) is 15.1 Å². The van der Waals surface area contributed by atoms with Gasteiger partial charge in [-0.25, -0.2) is 0 Å². The summed E-state index contributed by atoms with van der Waals surface area (Å²) in [7, 11) is 1.90. The molecule has 4 heteroatoms. The van der Waals surface area contributed by atoms with Crippen LogP contribution in [0.15, 0.2) is 0 Å². The van der Waals surface area contributed by atoms with E-state index in [9.17, 15) is 4.79 Å². The highest BCUT2D eigenvalue weighted by molar-refractivity contribution is 5.83. The molecule has 4 nitrogen and oxygen atoms in total. The van der Waals surface area contributed by atoms with Gasteiger partial charge in [0, 0.05) is 38.8 Å². The summed E-state index contributed by atoms with van der Waals surface area (Å²) in [5.41, 5.74) is 0.101. The van der Waals surface area contributed by atoms with Crippen LogP contribution in [-0.2, 0) is 4.79 Å². The Morgan fingerprint density at radius 3 is 2.67 bits per heavy atom. The lowest BCUT2D eigenvalue weighted by molar-refractivity contribution is -0.133. The van der Waals surface area contributed by atoms with Crippen molar-refractivity contribution in [1.29, 1.82) is 0 Å². The molecule has 2 rings (SSSR count). The SMILES string of the molecule is CN1CCC(N2CCNCC2(C)C)C1=O. The van der Waals surface area contributed by atoms with Crippen LogP contribution in [0.25, 0.3) is 0 Å². The van der Waals surface area contributed by atoms with Crippen molar-refractivity contribution in [2.75, 3.05) is 33.2 Å². The normalized spacial score (nSPS) is 32.3. The molecule has 0 bridgehead atoms. The van der Waals surface area contributed by atoms with Crippen molar-refractivity contribution < 1.29 is 4.79 Å². The molecule has 0 aromatic heterocycles. The van der Waals surface area contributed by atoms with Gasteiger partial charge in [0.1, 0.15) is 0 Å². The average molecular weight is 211 g/mol. The van der Waals surface area contributed by atoms with Crippen molar-refractivity contribution in [2.45, 2.75) is 31.8 Å². The minimum absolute atomic E-state index is 0.101. The third-order valence-electron chi connectivity index (χ3n) is 3.64. The van der Waals surface area contributed by atoms with Crippen LogP contribution < -0.4 is 5.32 Å². The monoisotopic (exact) mass is 211 g/mol. The first-order chi connectivity index (χ1) is 7.02. The summed E-state index contributed by atoms with van der Waals surface area (Å²) in [6, 6.07) is 0.118. The van der Waals surface area contributed by atoms with Crippen molar-refractivity contribution in [3.05, 3.63) is 0 Å². The number of nitrogens with one attached hydrogen (secondary N) is 1. The molecule has 0 aromatic carbocycles. The van der Waals surface area contributed by atoms with E-state index >= 15 is 0 Å². The third kappa shape index (κ3) is 1.88. The van der Waals surface area contributed by atoms with Crippen LogP contribution in [0.5, 0.6) is 0 Å². The summed E-state index contributed by atoms with van der Waals surface area (Å²) >= 11 is 0. The molecule has 1 atom stereocenters. The summed E-state index contributed by atoms with van der Waals surface area (Å²) in [4.78, 5) is 16.2. The third-order valence-corrected chi connectivity index (χ3v) is 3.64. The van der Waals surface area contributed by atoms with Crippen LogP contribution in [0.3, 0.4) is 0 Å². The number of piperazine rings is 1. The van der Waals surface area contributed by atoms with Gasteiger partial charge in [-0.15, -0.1) is 0 Å². The zero-order chi connectivity index (χ0) is 11.1.